The average molecular weight is 586 g/mol. The number of aromatic carboxylic acids is 1. The van der Waals surface area contributed by atoms with Crippen LogP contribution in [0.1, 0.15) is 56.3 Å². The molecule has 0 heterocycles. The van der Waals surface area contributed by atoms with Crippen LogP contribution in [0, 0.1) is 28.6 Å². The molecule has 3 saturated carbocycles. The molecule has 10 nitrogen and oxygen atoms in total. The normalized spacial score (nSPS) is 36.0. The summed E-state index contributed by atoms with van der Waals surface area (Å²) < 4.78 is 29.7. The van der Waals surface area contributed by atoms with Gasteiger partial charge in [0, 0.05) is 46.3 Å². The van der Waals surface area contributed by atoms with E-state index in [1.54, 1.807) is 12.2 Å². The molecule has 1 aromatic rings. The minimum Gasteiger partial charge on any atom is -0.478 e. The third kappa shape index (κ3) is 5.43. The van der Waals surface area contributed by atoms with Gasteiger partial charge in [-0.1, -0.05) is 31.6 Å². The van der Waals surface area contributed by atoms with Gasteiger partial charge in [-0.2, -0.15) is 8.42 Å². The Balaban J connectivity index is 0.000000268. The van der Waals surface area contributed by atoms with Gasteiger partial charge in [-0.3, -0.25) is 14.1 Å². The third-order valence-corrected chi connectivity index (χ3v) is 10.5. The first kappa shape index (κ1) is 32.8. The molecule has 0 saturated heterocycles. The van der Waals surface area contributed by atoms with E-state index in [0.29, 0.717) is 12.8 Å². The van der Waals surface area contributed by atoms with Crippen molar-refractivity contribution >= 4 is 57.2 Å². The van der Waals surface area contributed by atoms with Crippen LogP contribution in [0.5, 0.6) is 0 Å². The summed E-state index contributed by atoms with van der Waals surface area (Å²) in [4.78, 5) is 34.1. The number of carbonyl (C=O) groups excluding carboxylic acids is 2. The predicted octanol–water partition coefficient (Wildman–Crippen LogP) is 1.81. The van der Waals surface area contributed by atoms with Gasteiger partial charge < -0.3 is 20.4 Å². The molecule has 3 fully saturated rings. The first-order valence-corrected chi connectivity index (χ1v) is 14.3. The molecule has 0 spiro atoms. The molecule has 4 aliphatic rings. The number of rotatable bonds is 4. The van der Waals surface area contributed by atoms with Crippen molar-refractivity contribution in [2.24, 2.45) is 28.6 Å². The molecule has 1 aromatic carbocycles. The fourth-order valence-corrected chi connectivity index (χ4v) is 8.24. The van der Waals surface area contributed by atoms with Gasteiger partial charge in [-0.25, -0.2) is 4.79 Å². The Morgan fingerprint density at radius 2 is 1.82 bits per heavy atom. The van der Waals surface area contributed by atoms with Crippen molar-refractivity contribution in [3.05, 3.63) is 53.6 Å². The quantitative estimate of drug-likeness (QED) is 0.258. The molecule has 5 rings (SSSR count). The van der Waals surface area contributed by atoms with E-state index >= 15 is 0 Å². The molecular formula is C28H34NaO10S. The van der Waals surface area contributed by atoms with Crippen LogP contribution in [-0.4, -0.2) is 98.8 Å². The predicted molar refractivity (Wildman–Crippen MR) is 144 cm³/mol. The summed E-state index contributed by atoms with van der Waals surface area (Å²) in [5.41, 5.74) is -1.73. The van der Waals surface area contributed by atoms with Gasteiger partial charge in [0.25, 0.3) is 10.1 Å². The standard InChI is InChI=1S/C21H28O5.C7H6O5S.Na/c1-19-7-5-13(23)9-12(19)3-4-14-15-6-8-21(26,17(25)11-22)20(15,2)10-16(24)18(14)19;8-7(9)5-2-1-3-6(4-5)13(10,11)12;/h5,7,9,14-16,18,22,24,26H,3-4,6,8,10-11H2,1-2H3;1-4H,(H,8,9)(H,10,11,12);/t14-,15-,16-,18+,19-,20-,21-;;/m0../s1. The zero-order valence-corrected chi connectivity index (χ0v) is 25.6. The number of carboxylic acids is 1. The minimum absolute atomic E-state index is 0. The number of aliphatic hydroxyl groups excluding tert-OH is 2. The van der Waals surface area contributed by atoms with E-state index < -0.39 is 50.5 Å². The van der Waals surface area contributed by atoms with Crippen molar-refractivity contribution in [2.45, 2.75) is 62.6 Å². The van der Waals surface area contributed by atoms with E-state index in [9.17, 15) is 38.1 Å². The molecule has 7 atom stereocenters. The van der Waals surface area contributed by atoms with Crippen LogP contribution in [0.15, 0.2) is 53.0 Å². The maximum Gasteiger partial charge on any atom is 0.335 e. The summed E-state index contributed by atoms with van der Waals surface area (Å²) in [6.45, 7) is 3.34. The summed E-state index contributed by atoms with van der Waals surface area (Å²) in [5, 5.41) is 40.2. The number of hydrogen-bond donors (Lipinski definition) is 5. The number of fused-ring (bicyclic) bond motifs is 5. The SMILES string of the molecule is C[C@]12C=CC(=O)C=C1CC[C@@H]1[C@@H]2[C@@H](O)C[C@@]2(C)[C@H]1CC[C@]2(O)C(=O)CO.O=C(O)c1cccc(S(=O)(=O)O)c1.[Na]. The molecule has 1 radical (unpaired) electrons. The molecule has 0 aliphatic heterocycles. The van der Waals surface area contributed by atoms with Crippen LogP contribution in [0.4, 0.5) is 0 Å². The van der Waals surface area contributed by atoms with Crippen LogP contribution in [0.3, 0.4) is 0 Å². The summed E-state index contributed by atoms with van der Waals surface area (Å²) in [6, 6.07) is 4.48. The first-order valence-electron chi connectivity index (χ1n) is 12.9. The van der Waals surface area contributed by atoms with E-state index in [2.05, 4.69) is 6.92 Å². The Morgan fingerprint density at radius 1 is 1.15 bits per heavy atom. The summed E-state index contributed by atoms with van der Waals surface area (Å²) in [6.07, 6.45) is 7.68. The Kier molecular flexibility index (Phi) is 9.45. The van der Waals surface area contributed by atoms with Crippen LogP contribution in [-0.2, 0) is 19.7 Å². The van der Waals surface area contributed by atoms with E-state index in [-0.39, 0.29) is 64.1 Å². The summed E-state index contributed by atoms with van der Waals surface area (Å²) in [5.74, 6) is -1.47. The maximum absolute atomic E-state index is 12.4. The molecule has 0 amide bonds. The van der Waals surface area contributed by atoms with Gasteiger partial charge in [-0.05, 0) is 74.3 Å². The van der Waals surface area contributed by atoms with Gasteiger partial charge in [0.15, 0.2) is 11.6 Å². The zero-order chi connectivity index (χ0) is 29.0. The summed E-state index contributed by atoms with van der Waals surface area (Å²) >= 11 is 0. The van der Waals surface area contributed by atoms with Crippen molar-refractivity contribution in [3.63, 3.8) is 0 Å². The maximum atomic E-state index is 12.4. The number of ketones is 2. The molecule has 12 heteroatoms. The molecule has 213 valence electrons. The van der Waals surface area contributed by atoms with E-state index in [1.165, 1.54) is 12.1 Å². The van der Waals surface area contributed by atoms with Crippen molar-refractivity contribution in [1.82, 2.24) is 0 Å². The van der Waals surface area contributed by atoms with Crippen LogP contribution in [0.25, 0.3) is 0 Å². The second-order valence-electron chi connectivity index (χ2n) is 11.5. The zero-order valence-electron chi connectivity index (χ0n) is 22.8. The van der Waals surface area contributed by atoms with Gasteiger partial charge in [0.1, 0.15) is 12.2 Å². The molecule has 0 bridgehead atoms. The number of carboxylic acid groups (broad SMARTS) is 1. The molecular weight excluding hydrogens is 551 g/mol. The Labute approximate surface area is 255 Å². The third-order valence-electron chi connectivity index (χ3n) is 9.63. The number of hydrogen-bond acceptors (Lipinski definition) is 8. The van der Waals surface area contributed by atoms with Crippen molar-refractivity contribution in [1.29, 1.82) is 0 Å². The van der Waals surface area contributed by atoms with E-state index in [1.807, 2.05) is 13.0 Å². The number of Topliss-reactive ketones (excluding diaryl/α,β-unsaturated/α-hetero) is 1. The van der Waals surface area contributed by atoms with Gasteiger partial charge in [-0.15, -0.1) is 0 Å². The molecule has 5 N–H and O–H groups in total. The van der Waals surface area contributed by atoms with Crippen molar-refractivity contribution < 1.29 is 47.8 Å². The summed E-state index contributed by atoms with van der Waals surface area (Å²) in [7, 11) is -4.32. The Hall–Kier alpha value is -1.70. The average Bonchev–Trinajstić information content (AvgIpc) is 3.14. The topological polar surface area (TPSA) is 186 Å². The fraction of sp³-hybridized carbons (Fsp3) is 0.536. The van der Waals surface area contributed by atoms with E-state index in [0.717, 1.165) is 37.0 Å². The Bertz CT molecular complexity index is 1370. The monoisotopic (exact) mass is 585 g/mol. The largest absolute Gasteiger partial charge is 0.478 e. The van der Waals surface area contributed by atoms with E-state index in [4.69, 9.17) is 9.66 Å². The number of aliphatic hydroxyl groups is 3. The smallest absolute Gasteiger partial charge is 0.335 e. The number of allylic oxidation sites excluding steroid dienone is 4. The number of benzene rings is 1. The molecule has 0 unspecified atom stereocenters. The number of carbonyl (C=O) groups is 3. The molecule has 4 aliphatic carbocycles. The van der Waals surface area contributed by atoms with Gasteiger partial charge in [0.2, 0.25) is 0 Å². The first-order chi connectivity index (χ1) is 18.1. The second-order valence-corrected chi connectivity index (χ2v) is 12.9. The van der Waals surface area contributed by atoms with Gasteiger partial charge >= 0.3 is 5.97 Å². The Morgan fingerprint density at radius 3 is 2.42 bits per heavy atom. The minimum atomic E-state index is -4.32. The van der Waals surface area contributed by atoms with Crippen molar-refractivity contribution in [2.75, 3.05) is 6.61 Å². The molecule has 0 aromatic heterocycles. The second kappa shape index (κ2) is 11.5. The van der Waals surface area contributed by atoms with Crippen LogP contribution >= 0.6 is 0 Å². The van der Waals surface area contributed by atoms with Gasteiger partial charge in [0.05, 0.1) is 16.6 Å². The fourth-order valence-electron chi connectivity index (χ4n) is 7.71. The van der Waals surface area contributed by atoms with Crippen LogP contribution < -0.4 is 0 Å². The van der Waals surface area contributed by atoms with Crippen LogP contribution in [0.2, 0.25) is 0 Å². The van der Waals surface area contributed by atoms with Crippen molar-refractivity contribution in [3.8, 4) is 0 Å². The molecule has 40 heavy (non-hydrogen) atoms.